The molecule has 1 saturated heterocycles. The summed E-state index contributed by atoms with van der Waals surface area (Å²) in [6, 6.07) is 15.0. The van der Waals surface area contributed by atoms with Crippen LogP contribution >= 0.6 is 15.9 Å². The van der Waals surface area contributed by atoms with Gasteiger partial charge in [-0.25, -0.2) is 0 Å². The number of rotatable bonds is 3. The highest BCUT2D eigenvalue weighted by Gasteiger charge is 2.48. The summed E-state index contributed by atoms with van der Waals surface area (Å²) in [6.45, 7) is 3.92. The number of benzene rings is 2. The van der Waals surface area contributed by atoms with Crippen molar-refractivity contribution in [2.75, 3.05) is 4.90 Å². The molecule has 0 bridgehead atoms. The highest BCUT2D eigenvalue weighted by molar-refractivity contribution is 9.10. The second-order valence-electron chi connectivity index (χ2n) is 6.96. The Balaban J connectivity index is 1.92. The molecule has 1 atom stereocenters. The van der Waals surface area contributed by atoms with E-state index in [2.05, 4.69) is 15.9 Å². The standard InChI is InChI=1S/C23H18BrNO4/c1-13-5-10-17(12-14(13)2)25-20(18-4-3-11-29-18)19(22(27)23(25)28)21(26)15-6-8-16(24)9-7-15/h3-12,20,26H,1-2H3/b21-19-. The molecule has 1 N–H and O–H groups in total. The summed E-state index contributed by atoms with van der Waals surface area (Å²) in [5.41, 5.74) is 3.10. The van der Waals surface area contributed by atoms with Crippen LogP contribution in [0.5, 0.6) is 0 Å². The molecule has 0 saturated carbocycles. The third-order valence-corrected chi connectivity index (χ3v) is 5.67. The maximum absolute atomic E-state index is 13.0. The van der Waals surface area contributed by atoms with E-state index in [4.69, 9.17) is 4.42 Å². The van der Waals surface area contributed by atoms with Crippen molar-refractivity contribution in [3.05, 3.63) is 93.4 Å². The van der Waals surface area contributed by atoms with Gasteiger partial charge in [-0.3, -0.25) is 14.5 Å². The Bertz CT molecular complexity index is 1130. The minimum absolute atomic E-state index is 0.00509. The first-order valence-electron chi connectivity index (χ1n) is 9.06. The number of carbonyl (C=O) groups is 2. The average Bonchev–Trinajstić information content (AvgIpc) is 3.32. The first kappa shape index (κ1) is 19.2. The Kier molecular flexibility index (Phi) is 4.88. The Labute approximate surface area is 176 Å². The van der Waals surface area contributed by atoms with E-state index in [0.29, 0.717) is 17.0 Å². The Morgan fingerprint density at radius 3 is 2.38 bits per heavy atom. The summed E-state index contributed by atoms with van der Waals surface area (Å²) in [5, 5.41) is 11.0. The predicted octanol–water partition coefficient (Wildman–Crippen LogP) is 5.29. The van der Waals surface area contributed by atoms with Crippen LogP contribution in [0.25, 0.3) is 5.76 Å². The third kappa shape index (κ3) is 3.29. The van der Waals surface area contributed by atoms with E-state index in [9.17, 15) is 14.7 Å². The molecular weight excluding hydrogens is 434 g/mol. The van der Waals surface area contributed by atoms with Crippen LogP contribution in [0.2, 0.25) is 0 Å². The van der Waals surface area contributed by atoms with Crippen molar-refractivity contribution in [3.63, 3.8) is 0 Å². The zero-order valence-electron chi connectivity index (χ0n) is 15.8. The zero-order valence-corrected chi connectivity index (χ0v) is 17.4. The summed E-state index contributed by atoms with van der Waals surface area (Å²) in [6.07, 6.45) is 1.48. The van der Waals surface area contributed by atoms with Crippen LogP contribution in [0.4, 0.5) is 5.69 Å². The Hall–Kier alpha value is -3.12. The van der Waals surface area contributed by atoms with Crippen LogP contribution in [0.15, 0.2) is 75.3 Å². The monoisotopic (exact) mass is 451 g/mol. The van der Waals surface area contributed by atoms with Gasteiger partial charge in [0.1, 0.15) is 17.6 Å². The Morgan fingerprint density at radius 2 is 1.76 bits per heavy atom. The van der Waals surface area contributed by atoms with E-state index in [-0.39, 0.29) is 11.3 Å². The number of aliphatic hydroxyl groups is 1. The number of halogens is 1. The lowest BCUT2D eigenvalue weighted by molar-refractivity contribution is -0.132. The maximum atomic E-state index is 13.0. The number of Topliss-reactive ketones (excluding diaryl/α,β-unsaturated/α-hetero) is 1. The normalized spacial score (nSPS) is 18.4. The van der Waals surface area contributed by atoms with Crippen LogP contribution in [0.3, 0.4) is 0 Å². The van der Waals surface area contributed by atoms with Gasteiger partial charge in [0.25, 0.3) is 11.7 Å². The topological polar surface area (TPSA) is 70.8 Å². The molecule has 6 heteroatoms. The minimum atomic E-state index is -0.851. The molecule has 1 aliphatic rings. The second kappa shape index (κ2) is 7.37. The number of amides is 1. The molecule has 0 aliphatic carbocycles. The Morgan fingerprint density at radius 1 is 1.03 bits per heavy atom. The van der Waals surface area contributed by atoms with E-state index in [1.807, 2.05) is 26.0 Å². The summed E-state index contributed by atoms with van der Waals surface area (Å²) >= 11 is 3.35. The number of furan rings is 1. The highest BCUT2D eigenvalue weighted by atomic mass is 79.9. The molecule has 0 radical (unpaired) electrons. The number of ketones is 1. The van der Waals surface area contributed by atoms with Crippen LogP contribution in [-0.2, 0) is 9.59 Å². The van der Waals surface area contributed by atoms with Gasteiger partial charge in [0.15, 0.2) is 0 Å². The van der Waals surface area contributed by atoms with Crippen LogP contribution in [0.1, 0.15) is 28.5 Å². The first-order chi connectivity index (χ1) is 13.9. The molecule has 1 fully saturated rings. The molecule has 146 valence electrons. The van der Waals surface area contributed by atoms with Crippen LogP contribution in [-0.4, -0.2) is 16.8 Å². The lowest BCUT2D eigenvalue weighted by Gasteiger charge is -2.24. The van der Waals surface area contributed by atoms with Crippen LogP contribution < -0.4 is 4.90 Å². The highest BCUT2D eigenvalue weighted by Crippen LogP contribution is 2.42. The maximum Gasteiger partial charge on any atom is 0.300 e. The molecule has 4 rings (SSSR count). The predicted molar refractivity (Wildman–Crippen MR) is 114 cm³/mol. The number of anilines is 1. The molecule has 2 aromatic carbocycles. The van der Waals surface area contributed by atoms with Crippen molar-refractivity contribution in [2.24, 2.45) is 0 Å². The largest absolute Gasteiger partial charge is 0.507 e. The van der Waals surface area contributed by atoms with Crippen molar-refractivity contribution in [1.29, 1.82) is 0 Å². The number of nitrogens with zero attached hydrogens (tertiary/aromatic N) is 1. The van der Waals surface area contributed by atoms with E-state index in [0.717, 1.165) is 15.6 Å². The van der Waals surface area contributed by atoms with Gasteiger partial charge in [-0.1, -0.05) is 34.1 Å². The molecule has 1 unspecified atom stereocenters. The lowest BCUT2D eigenvalue weighted by atomic mass is 9.99. The van der Waals surface area contributed by atoms with Crippen molar-refractivity contribution >= 4 is 39.1 Å². The minimum Gasteiger partial charge on any atom is -0.507 e. The molecule has 1 amide bonds. The smallest absolute Gasteiger partial charge is 0.300 e. The van der Waals surface area contributed by atoms with E-state index < -0.39 is 17.7 Å². The van der Waals surface area contributed by atoms with Gasteiger partial charge in [-0.2, -0.15) is 0 Å². The second-order valence-corrected chi connectivity index (χ2v) is 7.88. The summed E-state index contributed by atoms with van der Waals surface area (Å²) < 4.78 is 6.40. The van der Waals surface area contributed by atoms with Gasteiger partial charge >= 0.3 is 0 Å². The number of aryl methyl sites for hydroxylation is 2. The van der Waals surface area contributed by atoms with Gasteiger partial charge in [0, 0.05) is 15.7 Å². The fourth-order valence-electron chi connectivity index (χ4n) is 3.45. The van der Waals surface area contributed by atoms with Gasteiger partial charge in [0.2, 0.25) is 0 Å². The van der Waals surface area contributed by atoms with Crippen molar-refractivity contribution in [1.82, 2.24) is 0 Å². The summed E-state index contributed by atoms with van der Waals surface area (Å²) in [7, 11) is 0. The van der Waals surface area contributed by atoms with Crippen LogP contribution in [0, 0.1) is 13.8 Å². The van der Waals surface area contributed by atoms with E-state index in [1.54, 1.807) is 42.5 Å². The number of hydrogen-bond donors (Lipinski definition) is 1. The lowest BCUT2D eigenvalue weighted by Crippen LogP contribution is -2.29. The van der Waals surface area contributed by atoms with Gasteiger partial charge in [-0.05, 0) is 61.4 Å². The van der Waals surface area contributed by atoms with Gasteiger partial charge in [-0.15, -0.1) is 0 Å². The molecule has 5 nitrogen and oxygen atoms in total. The fourth-order valence-corrected chi connectivity index (χ4v) is 3.72. The number of carbonyl (C=O) groups excluding carboxylic acids is 2. The van der Waals surface area contributed by atoms with E-state index >= 15 is 0 Å². The third-order valence-electron chi connectivity index (χ3n) is 5.14. The number of aliphatic hydroxyl groups excluding tert-OH is 1. The summed E-state index contributed by atoms with van der Waals surface area (Å²) in [5.74, 6) is -1.27. The molecule has 1 aliphatic heterocycles. The molecule has 2 heterocycles. The van der Waals surface area contributed by atoms with E-state index in [1.165, 1.54) is 11.2 Å². The van der Waals surface area contributed by atoms with Gasteiger partial charge in [0.05, 0.1) is 11.8 Å². The fraction of sp³-hybridized carbons (Fsp3) is 0.130. The average molecular weight is 452 g/mol. The van der Waals surface area contributed by atoms with Crippen molar-refractivity contribution < 1.29 is 19.1 Å². The summed E-state index contributed by atoms with van der Waals surface area (Å²) in [4.78, 5) is 27.3. The first-order valence-corrected chi connectivity index (χ1v) is 9.85. The molecule has 3 aromatic rings. The quantitative estimate of drug-likeness (QED) is 0.333. The number of hydrogen-bond acceptors (Lipinski definition) is 4. The molecule has 29 heavy (non-hydrogen) atoms. The molecule has 0 spiro atoms. The molecular formula is C23H18BrNO4. The molecule has 1 aromatic heterocycles. The zero-order chi connectivity index (χ0) is 20.7. The SMILES string of the molecule is Cc1ccc(N2C(=O)C(=O)/C(=C(\O)c3ccc(Br)cc3)C2c2ccco2)cc1C. The van der Waals surface area contributed by atoms with Crippen molar-refractivity contribution in [2.45, 2.75) is 19.9 Å². The van der Waals surface area contributed by atoms with Crippen molar-refractivity contribution in [3.8, 4) is 0 Å². The van der Waals surface area contributed by atoms with Gasteiger partial charge < -0.3 is 9.52 Å².